The maximum Gasteiger partial charge on any atom is 0.164 e. The Labute approximate surface area is 196 Å². The van der Waals surface area contributed by atoms with Gasteiger partial charge in [0, 0.05) is 43.5 Å². The highest BCUT2D eigenvalue weighted by Gasteiger charge is 2.49. The lowest BCUT2D eigenvalue weighted by Gasteiger charge is -2.43. The Hall–Kier alpha value is -1.77. The predicted octanol–water partition coefficient (Wildman–Crippen LogP) is 4.03. The van der Waals surface area contributed by atoms with E-state index < -0.39 is 0 Å². The molecule has 6 nitrogen and oxygen atoms in total. The maximum absolute atomic E-state index is 15.5. The first kappa shape index (κ1) is 20.8. The average molecular weight is 501 g/mol. The molecule has 170 valence electrons. The molecular weight excluding hydrogens is 471 g/mol. The molecule has 0 radical (unpaired) electrons. The Morgan fingerprint density at radius 3 is 2.66 bits per heavy atom. The molecule has 4 fully saturated rings. The van der Waals surface area contributed by atoms with E-state index in [1.54, 1.807) is 0 Å². The summed E-state index contributed by atoms with van der Waals surface area (Å²) >= 11 is 3.45. The standard InChI is InChI=1S/C24H30BrFN6/c1-5-6-17-28-21-23(32(17)22-13-8-16(22)27-9-13)15-7-12(2)18(25)19(26)20(15)29-24(21)31-10-14(11-31)30(3)4/h7,13-14,16,22,27H,5-6,8-11H2,1-4H3. The van der Waals surface area contributed by atoms with Crippen LogP contribution in [0, 0.1) is 18.7 Å². The molecule has 4 aliphatic rings. The Kier molecular flexibility index (Phi) is 4.79. The third-order valence-corrected chi connectivity index (χ3v) is 8.76. The van der Waals surface area contributed by atoms with E-state index in [9.17, 15) is 0 Å². The number of benzene rings is 1. The van der Waals surface area contributed by atoms with Crippen molar-refractivity contribution in [2.75, 3.05) is 38.6 Å². The van der Waals surface area contributed by atoms with Gasteiger partial charge in [0.2, 0.25) is 0 Å². The summed E-state index contributed by atoms with van der Waals surface area (Å²) in [6, 6.07) is 3.46. The highest BCUT2D eigenvalue weighted by Crippen LogP contribution is 2.48. The van der Waals surface area contributed by atoms with Crippen molar-refractivity contribution < 1.29 is 4.39 Å². The lowest BCUT2D eigenvalue weighted by atomic mass is 9.79. The van der Waals surface area contributed by atoms with E-state index in [2.05, 4.69) is 62.7 Å². The quantitative estimate of drug-likeness (QED) is 0.572. The number of imidazole rings is 1. The van der Waals surface area contributed by atoms with Gasteiger partial charge in [-0.15, -0.1) is 0 Å². The van der Waals surface area contributed by atoms with Gasteiger partial charge in [0.15, 0.2) is 11.6 Å². The molecule has 1 aliphatic carbocycles. The van der Waals surface area contributed by atoms with Crippen LogP contribution in [0.3, 0.4) is 0 Å². The zero-order valence-corrected chi connectivity index (χ0v) is 20.7. The third kappa shape index (κ3) is 2.82. The number of halogens is 2. The second kappa shape index (κ2) is 7.37. The molecule has 1 N–H and O–H groups in total. The van der Waals surface area contributed by atoms with Gasteiger partial charge in [-0.25, -0.2) is 14.4 Å². The minimum atomic E-state index is -0.271. The van der Waals surface area contributed by atoms with Crippen molar-refractivity contribution in [3.8, 4) is 0 Å². The van der Waals surface area contributed by atoms with Gasteiger partial charge in [0.05, 0.1) is 16.0 Å². The smallest absolute Gasteiger partial charge is 0.164 e. The number of nitrogens with one attached hydrogen (secondary N) is 1. The number of nitrogens with zero attached hydrogens (tertiary/aromatic N) is 5. The molecule has 3 atom stereocenters. The molecule has 1 aromatic carbocycles. The summed E-state index contributed by atoms with van der Waals surface area (Å²) in [7, 11) is 4.22. The first-order valence-electron chi connectivity index (χ1n) is 11.7. The second-order valence-electron chi connectivity index (χ2n) is 10.0. The monoisotopic (exact) mass is 500 g/mol. The van der Waals surface area contributed by atoms with Crippen LogP contribution < -0.4 is 10.2 Å². The number of fused-ring (bicyclic) bond motifs is 4. The van der Waals surface area contributed by atoms with Crippen LogP contribution in [-0.2, 0) is 6.42 Å². The molecule has 0 spiro atoms. The Bertz CT molecular complexity index is 1220. The van der Waals surface area contributed by atoms with Crippen molar-refractivity contribution in [2.24, 2.45) is 5.92 Å². The van der Waals surface area contributed by atoms with Gasteiger partial charge in [-0.05, 0) is 67.3 Å². The van der Waals surface area contributed by atoms with Gasteiger partial charge in [-0.2, -0.15) is 0 Å². The fourth-order valence-corrected chi connectivity index (χ4v) is 6.12. The molecule has 7 rings (SSSR count). The number of likely N-dealkylation sites (N-methyl/N-ethyl adjacent to an activating group) is 1. The molecule has 3 aliphatic heterocycles. The van der Waals surface area contributed by atoms with E-state index in [4.69, 9.17) is 9.97 Å². The van der Waals surface area contributed by atoms with Crippen LogP contribution in [-0.4, -0.2) is 65.2 Å². The molecule has 3 unspecified atom stereocenters. The van der Waals surface area contributed by atoms with Gasteiger partial charge in [-0.1, -0.05) is 6.92 Å². The number of rotatable bonds is 5. The summed E-state index contributed by atoms with van der Waals surface area (Å²) in [5.41, 5.74) is 3.34. The number of aromatic nitrogens is 3. The summed E-state index contributed by atoms with van der Waals surface area (Å²) < 4.78 is 18.5. The van der Waals surface area contributed by atoms with Crippen LogP contribution in [0.15, 0.2) is 10.5 Å². The zero-order valence-electron chi connectivity index (χ0n) is 19.1. The molecule has 0 amide bonds. The van der Waals surface area contributed by atoms with Gasteiger partial charge in [0.1, 0.15) is 16.9 Å². The van der Waals surface area contributed by atoms with Gasteiger partial charge in [-0.3, -0.25) is 0 Å². The summed E-state index contributed by atoms with van der Waals surface area (Å²) in [4.78, 5) is 14.6. The average Bonchev–Trinajstić information content (AvgIpc) is 3.42. The van der Waals surface area contributed by atoms with E-state index >= 15 is 4.39 Å². The van der Waals surface area contributed by atoms with Crippen molar-refractivity contribution in [2.45, 2.75) is 51.2 Å². The summed E-state index contributed by atoms with van der Waals surface area (Å²) in [5.74, 6) is 2.30. The lowest BCUT2D eigenvalue weighted by Crippen LogP contribution is -2.57. The van der Waals surface area contributed by atoms with Crippen molar-refractivity contribution in [3.05, 3.63) is 27.7 Å². The minimum Gasteiger partial charge on any atom is -0.351 e. The predicted molar refractivity (Wildman–Crippen MR) is 130 cm³/mol. The van der Waals surface area contributed by atoms with Crippen LogP contribution in [0.1, 0.15) is 37.2 Å². The van der Waals surface area contributed by atoms with Crippen molar-refractivity contribution in [1.82, 2.24) is 24.8 Å². The fourth-order valence-electron chi connectivity index (χ4n) is 5.82. The first-order chi connectivity index (χ1) is 15.4. The van der Waals surface area contributed by atoms with Crippen LogP contribution in [0.4, 0.5) is 10.2 Å². The SMILES string of the molecule is CCCc1nc2c(N3CC(N(C)C)C3)nc3c(F)c(Br)c(C)cc3c2n1C1C2CNC1C2. The topological polar surface area (TPSA) is 49.2 Å². The van der Waals surface area contributed by atoms with Gasteiger partial charge in [0.25, 0.3) is 0 Å². The van der Waals surface area contributed by atoms with Gasteiger partial charge < -0.3 is 19.7 Å². The van der Waals surface area contributed by atoms with Crippen LogP contribution in [0.2, 0.25) is 0 Å². The molecule has 8 heteroatoms. The molecule has 5 heterocycles. The molecule has 1 saturated carbocycles. The van der Waals surface area contributed by atoms with E-state index in [1.807, 2.05) is 6.92 Å². The molecule has 3 aromatic rings. The number of aryl methyl sites for hydroxylation is 2. The van der Waals surface area contributed by atoms with E-state index in [0.29, 0.717) is 34.0 Å². The largest absolute Gasteiger partial charge is 0.351 e. The maximum atomic E-state index is 15.5. The number of anilines is 1. The Morgan fingerprint density at radius 2 is 2.03 bits per heavy atom. The second-order valence-corrected chi connectivity index (χ2v) is 10.8. The lowest BCUT2D eigenvalue weighted by molar-refractivity contribution is 0.220. The fraction of sp³-hybridized carbons (Fsp3) is 0.583. The van der Waals surface area contributed by atoms with Crippen molar-refractivity contribution in [3.63, 3.8) is 0 Å². The van der Waals surface area contributed by atoms with Crippen LogP contribution >= 0.6 is 15.9 Å². The van der Waals surface area contributed by atoms with Crippen molar-refractivity contribution in [1.29, 1.82) is 0 Å². The Morgan fingerprint density at radius 1 is 1.25 bits per heavy atom. The van der Waals surface area contributed by atoms with Crippen LogP contribution in [0.25, 0.3) is 21.9 Å². The minimum absolute atomic E-state index is 0.271. The number of hydrogen-bond donors (Lipinski definition) is 1. The van der Waals surface area contributed by atoms with E-state index in [1.165, 1.54) is 6.42 Å². The summed E-state index contributed by atoms with van der Waals surface area (Å²) in [6.45, 7) is 6.99. The highest BCUT2D eigenvalue weighted by molar-refractivity contribution is 9.10. The highest BCUT2D eigenvalue weighted by atomic mass is 79.9. The van der Waals surface area contributed by atoms with E-state index in [-0.39, 0.29) is 5.82 Å². The zero-order chi connectivity index (χ0) is 22.3. The Balaban J connectivity index is 1.64. The first-order valence-corrected chi connectivity index (χ1v) is 12.5. The normalized spacial score (nSPS) is 25.2. The third-order valence-electron chi connectivity index (χ3n) is 7.79. The molecule has 32 heavy (non-hydrogen) atoms. The molecular formula is C24H30BrFN6. The molecule has 3 saturated heterocycles. The van der Waals surface area contributed by atoms with E-state index in [0.717, 1.165) is 66.1 Å². The van der Waals surface area contributed by atoms with Gasteiger partial charge >= 0.3 is 0 Å². The van der Waals surface area contributed by atoms with Crippen LogP contribution in [0.5, 0.6) is 0 Å². The van der Waals surface area contributed by atoms with Crippen molar-refractivity contribution >= 4 is 43.7 Å². The number of pyridine rings is 1. The molecule has 2 bridgehead atoms. The summed E-state index contributed by atoms with van der Waals surface area (Å²) in [5, 5.41) is 4.54. The summed E-state index contributed by atoms with van der Waals surface area (Å²) in [6.07, 6.45) is 3.18. The molecule has 2 aromatic heterocycles. The number of hydrogen-bond acceptors (Lipinski definition) is 5.